The lowest BCUT2D eigenvalue weighted by atomic mass is 9.94. The fourth-order valence-electron chi connectivity index (χ4n) is 3.76. The van der Waals surface area contributed by atoms with Crippen molar-refractivity contribution in [3.63, 3.8) is 0 Å². The normalized spacial score (nSPS) is 29.9. The zero-order valence-electron chi connectivity index (χ0n) is 16.9. The molecule has 0 bridgehead atoms. The number of methoxy groups -OCH3 is 1. The van der Waals surface area contributed by atoms with Gasteiger partial charge in [0.25, 0.3) is 0 Å². The molecule has 2 aliphatic rings. The SMILES string of the molecule is CNC1=N[C@@H]2[C@@H](O)[C@H](O)[C@@H]([C@@H](OCc3cc(C)c(OC)c(C)c3)C(F)(F)F)O[C@@H]2S1. The Hall–Kier alpha value is -1.53. The average molecular weight is 450 g/mol. The van der Waals surface area contributed by atoms with Gasteiger partial charge in [-0.25, -0.2) is 0 Å². The minimum atomic E-state index is -4.81. The van der Waals surface area contributed by atoms with Gasteiger partial charge in [0.1, 0.15) is 35.5 Å². The Labute approximate surface area is 176 Å². The van der Waals surface area contributed by atoms with Crippen LogP contribution in [0.3, 0.4) is 0 Å². The predicted octanol–water partition coefficient (Wildman–Crippen LogP) is 1.90. The fourth-order valence-corrected chi connectivity index (χ4v) is 4.83. The van der Waals surface area contributed by atoms with Crippen molar-refractivity contribution in [1.82, 2.24) is 5.32 Å². The van der Waals surface area contributed by atoms with Crippen LogP contribution in [0.15, 0.2) is 17.1 Å². The lowest BCUT2D eigenvalue weighted by molar-refractivity contribution is -0.286. The number of rotatable bonds is 5. The number of aliphatic imine (C=N–C) groups is 1. The standard InChI is InChI=1S/C19H25F3N2O5S/c1-8-5-10(6-9(2)14(8)27-4)7-28-16(19(20,21)22)15-13(26)12(25)11-17(29-15)30-18(23-3)24-11/h5-6,11-13,15-17,25-26H,7H2,1-4H3,(H,23,24)/t11-,12-,13+,15+,16-,17-/m1/s1. The van der Waals surface area contributed by atoms with E-state index in [1.54, 1.807) is 33.0 Å². The molecule has 11 heteroatoms. The number of fused-ring (bicyclic) bond motifs is 1. The summed E-state index contributed by atoms with van der Waals surface area (Å²) in [5, 5.41) is 23.9. The van der Waals surface area contributed by atoms with Crippen LogP contribution in [0.4, 0.5) is 13.2 Å². The van der Waals surface area contributed by atoms with Crippen molar-refractivity contribution >= 4 is 16.9 Å². The maximum absolute atomic E-state index is 13.8. The van der Waals surface area contributed by atoms with E-state index in [-0.39, 0.29) is 6.61 Å². The first-order chi connectivity index (χ1) is 14.1. The van der Waals surface area contributed by atoms with E-state index in [0.29, 0.717) is 16.5 Å². The van der Waals surface area contributed by atoms with Crippen LogP contribution >= 0.6 is 11.8 Å². The highest BCUT2D eigenvalue weighted by molar-refractivity contribution is 8.14. The Kier molecular flexibility index (Phi) is 6.87. The first kappa shape index (κ1) is 23.1. The number of aliphatic hydroxyl groups excluding tert-OH is 2. The summed E-state index contributed by atoms with van der Waals surface area (Å²) in [5.41, 5.74) is 1.21. The van der Waals surface area contributed by atoms with Gasteiger partial charge in [-0.15, -0.1) is 0 Å². The van der Waals surface area contributed by atoms with Crippen LogP contribution in [0.1, 0.15) is 16.7 Å². The third-order valence-corrected chi connectivity index (χ3v) is 6.24. The van der Waals surface area contributed by atoms with Gasteiger partial charge in [0.15, 0.2) is 11.3 Å². The van der Waals surface area contributed by atoms with Crippen molar-refractivity contribution in [1.29, 1.82) is 0 Å². The van der Waals surface area contributed by atoms with Crippen molar-refractivity contribution in [2.45, 2.75) is 62.5 Å². The topological polar surface area (TPSA) is 92.5 Å². The van der Waals surface area contributed by atoms with E-state index in [1.807, 2.05) is 0 Å². The van der Waals surface area contributed by atoms with E-state index >= 15 is 0 Å². The van der Waals surface area contributed by atoms with Gasteiger partial charge in [-0.2, -0.15) is 13.2 Å². The van der Waals surface area contributed by atoms with E-state index in [2.05, 4.69) is 10.3 Å². The molecule has 0 radical (unpaired) electrons. The molecule has 0 spiro atoms. The molecule has 1 aromatic rings. The average Bonchev–Trinajstić information content (AvgIpc) is 3.08. The molecular formula is C19H25F3N2O5S. The number of nitrogens with zero attached hydrogens (tertiary/aromatic N) is 1. The highest BCUT2D eigenvalue weighted by Crippen LogP contribution is 2.40. The maximum atomic E-state index is 13.8. The molecule has 2 aliphatic heterocycles. The van der Waals surface area contributed by atoms with Crippen LogP contribution in [0.2, 0.25) is 0 Å². The smallest absolute Gasteiger partial charge is 0.417 e. The zero-order valence-corrected chi connectivity index (χ0v) is 17.8. The molecule has 2 heterocycles. The van der Waals surface area contributed by atoms with Gasteiger partial charge in [0, 0.05) is 7.05 Å². The third-order valence-electron chi connectivity index (χ3n) is 5.09. The number of aryl methyl sites for hydroxylation is 2. The Morgan fingerprint density at radius 1 is 1.23 bits per heavy atom. The molecule has 3 N–H and O–H groups in total. The molecular weight excluding hydrogens is 425 g/mol. The molecule has 0 unspecified atom stereocenters. The van der Waals surface area contributed by atoms with Crippen LogP contribution < -0.4 is 10.1 Å². The highest BCUT2D eigenvalue weighted by atomic mass is 32.2. The summed E-state index contributed by atoms with van der Waals surface area (Å²) in [6.07, 6.45) is -12.3. The van der Waals surface area contributed by atoms with Gasteiger partial charge in [-0.1, -0.05) is 23.9 Å². The maximum Gasteiger partial charge on any atom is 0.417 e. The minimum Gasteiger partial charge on any atom is -0.496 e. The molecule has 3 rings (SSSR count). The van der Waals surface area contributed by atoms with Gasteiger partial charge in [-0.3, -0.25) is 4.99 Å². The van der Waals surface area contributed by atoms with Crippen LogP contribution in [-0.4, -0.2) is 71.6 Å². The second kappa shape index (κ2) is 8.91. The summed E-state index contributed by atoms with van der Waals surface area (Å²) in [6.45, 7) is 3.23. The monoisotopic (exact) mass is 450 g/mol. The molecule has 6 atom stereocenters. The molecule has 1 fully saturated rings. The van der Waals surface area contributed by atoms with Gasteiger partial charge in [0.2, 0.25) is 0 Å². The molecule has 0 aliphatic carbocycles. The second-order valence-corrected chi connectivity index (χ2v) is 8.37. The largest absolute Gasteiger partial charge is 0.496 e. The molecule has 0 saturated carbocycles. The van der Waals surface area contributed by atoms with E-state index in [1.165, 1.54) is 7.11 Å². The van der Waals surface area contributed by atoms with Crippen molar-refractivity contribution < 1.29 is 37.6 Å². The predicted molar refractivity (Wildman–Crippen MR) is 106 cm³/mol. The van der Waals surface area contributed by atoms with Crippen LogP contribution in [0.5, 0.6) is 5.75 Å². The van der Waals surface area contributed by atoms with Gasteiger partial charge >= 0.3 is 6.18 Å². The molecule has 1 saturated heterocycles. The lowest BCUT2D eigenvalue weighted by Crippen LogP contribution is -2.61. The number of amidine groups is 1. The fraction of sp³-hybridized carbons (Fsp3) is 0.632. The number of hydrogen-bond donors (Lipinski definition) is 3. The number of ether oxygens (including phenoxy) is 3. The molecule has 7 nitrogen and oxygen atoms in total. The summed E-state index contributed by atoms with van der Waals surface area (Å²) < 4.78 is 57.4. The Balaban J connectivity index is 1.79. The van der Waals surface area contributed by atoms with Crippen molar-refractivity contribution in [2.75, 3.05) is 14.2 Å². The first-order valence-electron chi connectivity index (χ1n) is 9.33. The molecule has 1 aromatic carbocycles. The van der Waals surface area contributed by atoms with Gasteiger partial charge in [-0.05, 0) is 30.5 Å². The second-order valence-electron chi connectivity index (χ2n) is 7.28. The van der Waals surface area contributed by atoms with E-state index in [9.17, 15) is 23.4 Å². The number of thioether (sulfide) groups is 1. The molecule has 30 heavy (non-hydrogen) atoms. The Bertz CT molecular complexity index is 784. The van der Waals surface area contributed by atoms with Crippen LogP contribution in [0, 0.1) is 13.8 Å². The lowest BCUT2D eigenvalue weighted by Gasteiger charge is -2.41. The number of aliphatic hydroxyl groups is 2. The van der Waals surface area contributed by atoms with Crippen LogP contribution in [0.25, 0.3) is 0 Å². The number of nitrogens with one attached hydrogen (secondary N) is 1. The first-order valence-corrected chi connectivity index (χ1v) is 10.2. The minimum absolute atomic E-state index is 0.349. The van der Waals surface area contributed by atoms with Crippen molar-refractivity contribution in [3.8, 4) is 5.75 Å². The Morgan fingerprint density at radius 2 is 1.87 bits per heavy atom. The summed E-state index contributed by atoms with van der Waals surface area (Å²) in [4.78, 5) is 4.14. The van der Waals surface area contributed by atoms with Crippen molar-refractivity contribution in [3.05, 3.63) is 28.8 Å². The summed E-state index contributed by atoms with van der Waals surface area (Å²) >= 11 is 1.06. The molecule has 168 valence electrons. The van der Waals surface area contributed by atoms with Crippen molar-refractivity contribution in [2.24, 2.45) is 4.99 Å². The molecule has 0 amide bonds. The van der Waals surface area contributed by atoms with E-state index in [0.717, 1.165) is 22.9 Å². The van der Waals surface area contributed by atoms with Crippen LogP contribution in [-0.2, 0) is 16.1 Å². The Morgan fingerprint density at radius 3 is 2.40 bits per heavy atom. The summed E-state index contributed by atoms with van der Waals surface area (Å²) in [5.74, 6) is 0.657. The van der Waals surface area contributed by atoms with Gasteiger partial charge < -0.3 is 29.7 Å². The third kappa shape index (κ3) is 4.54. The zero-order chi connectivity index (χ0) is 22.2. The number of alkyl halides is 3. The quantitative estimate of drug-likeness (QED) is 0.631. The summed E-state index contributed by atoms with van der Waals surface area (Å²) in [7, 11) is 3.12. The van der Waals surface area contributed by atoms with Gasteiger partial charge in [0.05, 0.1) is 13.7 Å². The number of benzene rings is 1. The van der Waals surface area contributed by atoms with E-state index in [4.69, 9.17) is 14.2 Å². The van der Waals surface area contributed by atoms with E-state index < -0.39 is 42.1 Å². The molecule has 0 aromatic heterocycles. The number of hydrogen-bond acceptors (Lipinski definition) is 8. The number of halogens is 3. The highest BCUT2D eigenvalue weighted by Gasteiger charge is 2.57. The summed E-state index contributed by atoms with van der Waals surface area (Å²) in [6, 6.07) is 2.51.